The van der Waals surface area contributed by atoms with Crippen molar-refractivity contribution >= 4 is 11.6 Å². The Labute approximate surface area is 89.9 Å². The average Bonchev–Trinajstić information content (AvgIpc) is 2.58. The molecule has 0 bridgehead atoms. The van der Waals surface area contributed by atoms with Crippen LogP contribution in [0.15, 0.2) is 24.3 Å². The van der Waals surface area contributed by atoms with Crippen LogP contribution in [0.1, 0.15) is 18.9 Å². The van der Waals surface area contributed by atoms with Crippen molar-refractivity contribution in [3.8, 4) is 0 Å². The summed E-state index contributed by atoms with van der Waals surface area (Å²) in [5, 5.41) is 0. The fourth-order valence-corrected chi connectivity index (χ4v) is 1.93. The molecule has 0 spiro atoms. The standard InChI is InChI=1S/C12H16N2O/c1-2-9-4-3-5-11(6-9)14-8-10(13)7-12(14)15/h3-6,10H,2,7-8,13H2,1H3. The molecule has 1 atom stereocenters. The zero-order valence-electron chi connectivity index (χ0n) is 8.94. The van der Waals surface area contributed by atoms with Gasteiger partial charge < -0.3 is 10.6 Å². The molecule has 0 aromatic heterocycles. The highest BCUT2D eigenvalue weighted by Gasteiger charge is 2.27. The van der Waals surface area contributed by atoms with Crippen LogP contribution in [-0.2, 0) is 11.2 Å². The lowest BCUT2D eigenvalue weighted by atomic mass is 10.1. The van der Waals surface area contributed by atoms with E-state index in [9.17, 15) is 4.79 Å². The van der Waals surface area contributed by atoms with Gasteiger partial charge in [0.05, 0.1) is 0 Å². The molecule has 1 aliphatic rings. The molecule has 0 saturated carbocycles. The molecule has 1 aromatic rings. The van der Waals surface area contributed by atoms with Crippen molar-refractivity contribution in [3.63, 3.8) is 0 Å². The summed E-state index contributed by atoms with van der Waals surface area (Å²) in [5.74, 6) is 0.135. The minimum Gasteiger partial charge on any atom is -0.326 e. The van der Waals surface area contributed by atoms with Gasteiger partial charge in [0.15, 0.2) is 0 Å². The topological polar surface area (TPSA) is 46.3 Å². The van der Waals surface area contributed by atoms with E-state index >= 15 is 0 Å². The Kier molecular flexibility index (Phi) is 2.73. The first kappa shape index (κ1) is 10.2. The number of nitrogens with zero attached hydrogens (tertiary/aromatic N) is 1. The Balaban J connectivity index is 2.25. The Morgan fingerprint density at radius 2 is 2.33 bits per heavy atom. The van der Waals surface area contributed by atoms with Crippen molar-refractivity contribution in [2.75, 3.05) is 11.4 Å². The maximum atomic E-state index is 11.6. The monoisotopic (exact) mass is 204 g/mol. The van der Waals surface area contributed by atoms with E-state index in [2.05, 4.69) is 19.1 Å². The zero-order chi connectivity index (χ0) is 10.8. The summed E-state index contributed by atoms with van der Waals surface area (Å²) in [6.45, 7) is 2.75. The van der Waals surface area contributed by atoms with E-state index in [0.29, 0.717) is 13.0 Å². The molecular weight excluding hydrogens is 188 g/mol. The van der Waals surface area contributed by atoms with Crippen LogP contribution in [0.5, 0.6) is 0 Å². The van der Waals surface area contributed by atoms with E-state index in [1.807, 2.05) is 12.1 Å². The number of carbonyl (C=O) groups is 1. The van der Waals surface area contributed by atoms with Crippen molar-refractivity contribution < 1.29 is 4.79 Å². The van der Waals surface area contributed by atoms with Crippen molar-refractivity contribution in [2.45, 2.75) is 25.8 Å². The Bertz CT molecular complexity index is 376. The van der Waals surface area contributed by atoms with Crippen LogP contribution in [0.4, 0.5) is 5.69 Å². The van der Waals surface area contributed by atoms with E-state index in [4.69, 9.17) is 5.73 Å². The summed E-state index contributed by atoms with van der Waals surface area (Å²) in [6.07, 6.45) is 1.46. The lowest BCUT2D eigenvalue weighted by molar-refractivity contribution is -0.117. The zero-order valence-corrected chi connectivity index (χ0v) is 8.94. The molecule has 1 aromatic carbocycles. The SMILES string of the molecule is CCc1cccc(N2CC(N)CC2=O)c1. The van der Waals surface area contributed by atoms with E-state index in [0.717, 1.165) is 12.1 Å². The molecule has 3 nitrogen and oxygen atoms in total. The molecule has 1 unspecified atom stereocenters. The maximum Gasteiger partial charge on any atom is 0.228 e. The predicted octanol–water partition coefficient (Wildman–Crippen LogP) is 1.31. The van der Waals surface area contributed by atoms with Gasteiger partial charge in [0.25, 0.3) is 0 Å². The van der Waals surface area contributed by atoms with Crippen LogP contribution < -0.4 is 10.6 Å². The van der Waals surface area contributed by atoms with E-state index in [-0.39, 0.29) is 11.9 Å². The van der Waals surface area contributed by atoms with Gasteiger partial charge in [0, 0.05) is 24.7 Å². The third kappa shape index (κ3) is 2.02. The second-order valence-electron chi connectivity index (χ2n) is 3.99. The first-order chi connectivity index (χ1) is 7.20. The van der Waals surface area contributed by atoms with Crippen molar-refractivity contribution in [3.05, 3.63) is 29.8 Å². The summed E-state index contributed by atoms with van der Waals surface area (Å²) in [7, 11) is 0. The Morgan fingerprint density at radius 1 is 1.53 bits per heavy atom. The van der Waals surface area contributed by atoms with Crippen LogP contribution in [0.2, 0.25) is 0 Å². The molecular formula is C12H16N2O. The summed E-state index contributed by atoms with van der Waals surface area (Å²) >= 11 is 0. The van der Waals surface area contributed by atoms with Gasteiger partial charge in [-0.2, -0.15) is 0 Å². The highest BCUT2D eigenvalue weighted by atomic mass is 16.2. The second kappa shape index (κ2) is 4.03. The van der Waals surface area contributed by atoms with E-state index < -0.39 is 0 Å². The number of nitrogens with two attached hydrogens (primary N) is 1. The molecule has 1 fully saturated rings. The number of carbonyl (C=O) groups excluding carboxylic acids is 1. The van der Waals surface area contributed by atoms with Gasteiger partial charge in [-0.3, -0.25) is 4.79 Å². The molecule has 1 saturated heterocycles. The van der Waals surface area contributed by atoms with Gasteiger partial charge in [0.2, 0.25) is 5.91 Å². The lowest BCUT2D eigenvalue weighted by Crippen LogP contribution is -2.27. The molecule has 1 amide bonds. The summed E-state index contributed by atoms with van der Waals surface area (Å²) in [5.41, 5.74) is 7.99. The number of amides is 1. The average molecular weight is 204 g/mol. The lowest BCUT2D eigenvalue weighted by Gasteiger charge is -2.16. The van der Waals surface area contributed by atoms with Crippen LogP contribution in [0, 0.1) is 0 Å². The number of aryl methyl sites for hydroxylation is 1. The van der Waals surface area contributed by atoms with E-state index in [1.54, 1.807) is 4.90 Å². The maximum absolute atomic E-state index is 11.6. The third-order valence-corrected chi connectivity index (χ3v) is 2.79. The first-order valence-corrected chi connectivity index (χ1v) is 5.35. The smallest absolute Gasteiger partial charge is 0.228 e. The van der Waals surface area contributed by atoms with Crippen LogP contribution >= 0.6 is 0 Å². The fourth-order valence-electron chi connectivity index (χ4n) is 1.93. The van der Waals surface area contributed by atoms with Crippen molar-refractivity contribution in [1.29, 1.82) is 0 Å². The van der Waals surface area contributed by atoms with Crippen molar-refractivity contribution in [1.82, 2.24) is 0 Å². The highest BCUT2D eigenvalue weighted by Crippen LogP contribution is 2.21. The Morgan fingerprint density at radius 3 is 2.93 bits per heavy atom. The number of rotatable bonds is 2. The molecule has 1 aliphatic heterocycles. The van der Waals surface area contributed by atoms with Crippen molar-refractivity contribution in [2.24, 2.45) is 5.73 Å². The van der Waals surface area contributed by atoms with Gasteiger partial charge in [-0.05, 0) is 24.1 Å². The molecule has 15 heavy (non-hydrogen) atoms. The summed E-state index contributed by atoms with van der Waals surface area (Å²) < 4.78 is 0. The predicted molar refractivity (Wildman–Crippen MR) is 60.8 cm³/mol. The molecule has 80 valence electrons. The number of anilines is 1. The second-order valence-corrected chi connectivity index (χ2v) is 3.99. The number of hydrogen-bond donors (Lipinski definition) is 1. The fraction of sp³-hybridized carbons (Fsp3) is 0.417. The van der Waals surface area contributed by atoms with Gasteiger partial charge in [0.1, 0.15) is 0 Å². The third-order valence-electron chi connectivity index (χ3n) is 2.79. The molecule has 2 rings (SSSR count). The summed E-state index contributed by atoms with van der Waals surface area (Å²) in [4.78, 5) is 13.4. The number of benzene rings is 1. The highest BCUT2D eigenvalue weighted by molar-refractivity contribution is 5.96. The largest absolute Gasteiger partial charge is 0.326 e. The van der Waals surface area contributed by atoms with Gasteiger partial charge >= 0.3 is 0 Å². The number of hydrogen-bond acceptors (Lipinski definition) is 2. The molecule has 0 aliphatic carbocycles. The molecule has 0 radical (unpaired) electrons. The minimum absolute atomic E-state index is 0.0113. The normalized spacial score (nSPS) is 21.1. The first-order valence-electron chi connectivity index (χ1n) is 5.35. The minimum atomic E-state index is -0.0113. The van der Waals surface area contributed by atoms with Crippen LogP contribution in [-0.4, -0.2) is 18.5 Å². The van der Waals surface area contributed by atoms with Crippen LogP contribution in [0.25, 0.3) is 0 Å². The van der Waals surface area contributed by atoms with Gasteiger partial charge in [-0.25, -0.2) is 0 Å². The summed E-state index contributed by atoms with van der Waals surface area (Å²) in [6, 6.07) is 8.09. The van der Waals surface area contributed by atoms with Gasteiger partial charge in [-0.1, -0.05) is 19.1 Å². The quantitative estimate of drug-likeness (QED) is 0.789. The molecule has 2 N–H and O–H groups in total. The Hall–Kier alpha value is -1.35. The van der Waals surface area contributed by atoms with Gasteiger partial charge in [-0.15, -0.1) is 0 Å². The molecule has 1 heterocycles. The molecule has 3 heteroatoms. The van der Waals surface area contributed by atoms with E-state index in [1.165, 1.54) is 5.56 Å². The van der Waals surface area contributed by atoms with Crippen LogP contribution in [0.3, 0.4) is 0 Å².